The summed E-state index contributed by atoms with van der Waals surface area (Å²) < 4.78 is 0. The summed E-state index contributed by atoms with van der Waals surface area (Å²) in [7, 11) is 0. The molecule has 0 fully saturated rings. The van der Waals surface area contributed by atoms with Crippen LogP contribution in [0.5, 0.6) is 0 Å². The minimum atomic E-state index is -0.278. The average molecular weight is 547 g/mol. The molecule has 0 aromatic carbocycles. The molecule has 0 unspecified atom stereocenters. The molecule has 4 heteroatoms. The Morgan fingerprint density at radius 3 is 1.25 bits per heavy atom. The van der Waals surface area contributed by atoms with Gasteiger partial charge in [-0.25, -0.2) is 0 Å². The van der Waals surface area contributed by atoms with Crippen molar-refractivity contribution in [2.45, 2.75) is 46.0 Å². The molecule has 0 aliphatic carbocycles. The van der Waals surface area contributed by atoms with Gasteiger partial charge in [-0.3, -0.25) is 0 Å². The molecular weight excluding hydrogens is 528 g/mol. The first-order chi connectivity index (χ1) is 5.15. The predicted molar refractivity (Wildman–Crippen MR) is 82.9 cm³/mol. The van der Waals surface area contributed by atoms with Gasteiger partial charge >= 0.3 is 64.9 Å². The quantitative estimate of drug-likeness (QED) is 0.228. The Bertz CT molecular complexity index is 53.5. The molecule has 0 N–H and O–H groups in total. The Morgan fingerprint density at radius 1 is 0.833 bits per heavy atom. The summed E-state index contributed by atoms with van der Waals surface area (Å²) in [4.78, 5) is -0.278. The number of rotatable bonds is 4. The van der Waals surface area contributed by atoms with E-state index >= 15 is 0 Å². The first-order valence-electron chi connectivity index (χ1n) is 3.92. The molecule has 0 bridgehead atoms. The van der Waals surface area contributed by atoms with Crippen LogP contribution in [0, 0.1) is 7.43 Å². The molecule has 0 radical (unpaired) electrons. The van der Waals surface area contributed by atoms with E-state index in [1.54, 1.807) is 0 Å². The second-order valence-electron chi connectivity index (χ2n) is 2.25. The first-order valence-corrected chi connectivity index (χ1v) is 17.4. The first kappa shape index (κ1) is 20.2. The third-order valence-corrected chi connectivity index (χ3v) is 1.21. The molecule has 0 aromatic heterocycles. The number of unbranched alkanes of at least 4 members (excludes halogenated alkanes) is 4. The fraction of sp³-hybridized carbons (Fsp3) is 0.875. The summed E-state index contributed by atoms with van der Waals surface area (Å²) in [6.45, 7) is 4.49. The standard InChI is InChI=1S/C7H16.CH3.3HI.V/c1-3-5-7-6-4-2;;;;;/h3-7H2,1-2H3;1H3;3*1H;/q;-1;;;;+3/p-3. The van der Waals surface area contributed by atoms with E-state index in [1.165, 1.54) is 32.1 Å². The summed E-state index contributed by atoms with van der Waals surface area (Å²) in [5.74, 6) is 0. The Labute approximate surface area is 116 Å². The van der Waals surface area contributed by atoms with Crippen LogP contribution < -0.4 is 0 Å². The van der Waals surface area contributed by atoms with Gasteiger partial charge in [-0.2, -0.15) is 0 Å². The van der Waals surface area contributed by atoms with Crippen molar-refractivity contribution in [2.75, 3.05) is 0 Å². The number of hydrogen-bond acceptors (Lipinski definition) is 0. The summed E-state index contributed by atoms with van der Waals surface area (Å²) in [5, 5.41) is 0. The third-order valence-electron chi connectivity index (χ3n) is 1.21. The number of hydrogen-bond donors (Lipinski definition) is 0. The van der Waals surface area contributed by atoms with Gasteiger partial charge in [0.1, 0.15) is 0 Å². The molecule has 0 atom stereocenters. The Kier molecular flexibility index (Phi) is 32.6. The SMILES string of the molecule is CCCCCCC.[CH3-].[I][V]([I])[I]. The molecule has 0 saturated heterocycles. The third kappa shape index (κ3) is 38.6. The molecule has 0 saturated carbocycles. The zero-order valence-corrected chi connectivity index (χ0v) is 16.0. The topological polar surface area (TPSA) is 0 Å². The Hall–Kier alpha value is 2.77. The Morgan fingerprint density at radius 2 is 1.08 bits per heavy atom. The van der Waals surface area contributed by atoms with E-state index in [9.17, 15) is 0 Å². The zero-order valence-electron chi connectivity index (χ0n) is 8.12. The van der Waals surface area contributed by atoms with E-state index in [-0.39, 0.29) is 12.3 Å². The van der Waals surface area contributed by atoms with Crippen molar-refractivity contribution >= 4 is 59.9 Å². The Balaban J connectivity index is -0.000000142. The number of halogens is 3. The molecule has 12 heavy (non-hydrogen) atoms. The minimum absolute atomic E-state index is 0. The normalized spacial score (nSPS) is 8.50. The van der Waals surface area contributed by atoms with Gasteiger partial charge in [0, 0.05) is 0 Å². The van der Waals surface area contributed by atoms with Gasteiger partial charge in [-0.05, 0) is 0 Å². The molecule has 0 aliphatic rings. The van der Waals surface area contributed by atoms with Crippen LogP contribution >= 0.6 is 59.9 Å². The van der Waals surface area contributed by atoms with Crippen LogP contribution in [-0.4, -0.2) is 0 Å². The fourth-order valence-corrected chi connectivity index (χ4v) is 0.677. The van der Waals surface area contributed by atoms with Gasteiger partial charge in [0.25, 0.3) is 0 Å². The fourth-order valence-electron chi connectivity index (χ4n) is 0.677. The van der Waals surface area contributed by atoms with Crippen LogP contribution in [0.3, 0.4) is 0 Å². The molecule has 0 aliphatic heterocycles. The van der Waals surface area contributed by atoms with E-state index < -0.39 is 0 Å². The van der Waals surface area contributed by atoms with Gasteiger partial charge < -0.3 is 7.43 Å². The molecule has 0 rings (SSSR count). The van der Waals surface area contributed by atoms with Crippen LogP contribution in [0.1, 0.15) is 46.0 Å². The van der Waals surface area contributed by atoms with E-state index in [0.717, 1.165) is 0 Å². The van der Waals surface area contributed by atoms with Crippen molar-refractivity contribution in [3.63, 3.8) is 0 Å². The molecule has 0 heterocycles. The van der Waals surface area contributed by atoms with Crippen molar-refractivity contribution in [3.05, 3.63) is 7.43 Å². The molecule has 0 aromatic rings. The van der Waals surface area contributed by atoms with Crippen molar-refractivity contribution in [3.8, 4) is 0 Å². The van der Waals surface area contributed by atoms with Gasteiger partial charge in [0.2, 0.25) is 0 Å². The van der Waals surface area contributed by atoms with Crippen LogP contribution in [0.2, 0.25) is 0 Å². The summed E-state index contributed by atoms with van der Waals surface area (Å²) in [6.07, 6.45) is 7.01. The van der Waals surface area contributed by atoms with Gasteiger partial charge in [0.05, 0.1) is 0 Å². The van der Waals surface area contributed by atoms with Crippen molar-refractivity contribution < 1.29 is 4.92 Å². The summed E-state index contributed by atoms with van der Waals surface area (Å²) >= 11 is 7.39. The average Bonchev–Trinajstić information content (AvgIpc) is 1.88. The van der Waals surface area contributed by atoms with Crippen LogP contribution in [0.4, 0.5) is 0 Å². The molecule has 0 nitrogen and oxygen atoms in total. The van der Waals surface area contributed by atoms with E-state index in [2.05, 4.69) is 73.8 Å². The maximum atomic E-state index is 2.46. The second kappa shape index (κ2) is 19.4. The summed E-state index contributed by atoms with van der Waals surface area (Å²) in [6, 6.07) is 0. The molecule has 0 amide bonds. The van der Waals surface area contributed by atoms with Crippen molar-refractivity contribution in [1.29, 1.82) is 0 Å². The summed E-state index contributed by atoms with van der Waals surface area (Å²) in [5.41, 5.74) is 0. The van der Waals surface area contributed by atoms with Crippen LogP contribution in [0.25, 0.3) is 0 Å². The maximum absolute atomic E-state index is 2.46. The second-order valence-corrected chi connectivity index (χ2v) is 37.6. The van der Waals surface area contributed by atoms with Crippen LogP contribution in [-0.2, 0) is 4.92 Å². The van der Waals surface area contributed by atoms with Crippen molar-refractivity contribution in [2.24, 2.45) is 0 Å². The van der Waals surface area contributed by atoms with E-state index in [4.69, 9.17) is 0 Å². The monoisotopic (exact) mass is 547 g/mol. The molecular formula is C8H19I3V-. The molecule has 78 valence electrons. The van der Waals surface area contributed by atoms with Crippen molar-refractivity contribution in [1.82, 2.24) is 0 Å². The van der Waals surface area contributed by atoms with Gasteiger partial charge in [0.15, 0.2) is 0 Å². The molecule has 0 spiro atoms. The van der Waals surface area contributed by atoms with Crippen LogP contribution in [0.15, 0.2) is 0 Å². The van der Waals surface area contributed by atoms with E-state index in [0.29, 0.717) is 0 Å². The van der Waals surface area contributed by atoms with Gasteiger partial charge in [-0.1, -0.05) is 46.0 Å². The van der Waals surface area contributed by atoms with Gasteiger partial charge in [-0.15, -0.1) is 0 Å². The van der Waals surface area contributed by atoms with E-state index in [1.807, 2.05) is 0 Å². The predicted octanol–water partition coefficient (Wildman–Crippen LogP) is 6.08. The zero-order chi connectivity index (χ0) is 9.11.